The minimum atomic E-state index is 0.613. The maximum absolute atomic E-state index is 6.11. The first kappa shape index (κ1) is 12.5. The fourth-order valence-electron chi connectivity index (χ4n) is 1.56. The molecule has 3 N–H and O–H groups in total. The first-order valence-corrected chi connectivity index (χ1v) is 5.88. The van der Waals surface area contributed by atoms with Gasteiger partial charge in [0.25, 0.3) is 0 Å². The Labute approximate surface area is 111 Å². The molecule has 1 aromatic heterocycles. The molecule has 4 heteroatoms. The van der Waals surface area contributed by atoms with Crippen LogP contribution in [-0.4, -0.2) is 4.98 Å². The highest BCUT2D eigenvalue weighted by molar-refractivity contribution is 6.32. The number of nitrogens with zero attached hydrogens (tertiary/aromatic N) is 1. The highest BCUT2D eigenvalue weighted by Crippen LogP contribution is 2.26. The van der Waals surface area contributed by atoms with E-state index in [9.17, 15) is 0 Å². The van der Waals surface area contributed by atoms with Crippen molar-refractivity contribution in [3.8, 4) is 0 Å². The van der Waals surface area contributed by atoms with Crippen molar-refractivity contribution in [3.63, 3.8) is 0 Å². The number of benzene rings is 1. The Kier molecular flexibility index (Phi) is 3.53. The molecule has 3 nitrogen and oxygen atoms in total. The summed E-state index contributed by atoms with van der Waals surface area (Å²) in [4.78, 5) is 4.20. The predicted molar refractivity (Wildman–Crippen MR) is 77.5 cm³/mol. The molecule has 0 aliphatic rings. The standard InChI is InChI=1S/C14H14ClN3/c1-9-3-5-12(8-17-9)18-10(2)13-7-11(16)4-6-14(13)15/h3-8,18H,2,16H2,1H3. The van der Waals surface area contributed by atoms with E-state index in [1.54, 1.807) is 24.4 Å². The lowest BCUT2D eigenvalue weighted by molar-refractivity contribution is 1.20. The Morgan fingerprint density at radius 2 is 2.11 bits per heavy atom. The second kappa shape index (κ2) is 5.10. The molecule has 1 aromatic carbocycles. The number of pyridine rings is 1. The van der Waals surface area contributed by atoms with Crippen molar-refractivity contribution in [1.82, 2.24) is 4.98 Å². The topological polar surface area (TPSA) is 50.9 Å². The average molecular weight is 260 g/mol. The van der Waals surface area contributed by atoms with Crippen LogP contribution in [0.3, 0.4) is 0 Å². The molecule has 0 fully saturated rings. The van der Waals surface area contributed by atoms with Crippen LogP contribution in [0, 0.1) is 6.92 Å². The predicted octanol–water partition coefficient (Wildman–Crippen LogP) is 3.71. The summed E-state index contributed by atoms with van der Waals surface area (Å²) in [6.07, 6.45) is 1.75. The molecule has 2 aromatic rings. The summed E-state index contributed by atoms with van der Waals surface area (Å²) in [6.45, 7) is 5.90. The number of anilines is 2. The van der Waals surface area contributed by atoms with Gasteiger partial charge in [0.05, 0.1) is 16.9 Å². The van der Waals surface area contributed by atoms with Crippen LogP contribution in [0.25, 0.3) is 5.70 Å². The molecule has 0 atom stereocenters. The van der Waals surface area contributed by atoms with E-state index < -0.39 is 0 Å². The minimum Gasteiger partial charge on any atom is -0.399 e. The molecule has 0 unspecified atom stereocenters. The van der Waals surface area contributed by atoms with Crippen LogP contribution in [0.4, 0.5) is 11.4 Å². The molecule has 0 saturated carbocycles. The minimum absolute atomic E-state index is 0.613. The Bertz CT molecular complexity index is 576. The molecule has 0 bridgehead atoms. The van der Waals surface area contributed by atoms with Crippen LogP contribution in [0.15, 0.2) is 43.1 Å². The molecule has 2 rings (SSSR count). The lowest BCUT2D eigenvalue weighted by Gasteiger charge is -2.11. The first-order valence-electron chi connectivity index (χ1n) is 5.50. The van der Waals surface area contributed by atoms with Gasteiger partial charge < -0.3 is 11.1 Å². The molecular formula is C14H14ClN3. The van der Waals surface area contributed by atoms with E-state index in [1.165, 1.54) is 0 Å². The summed E-state index contributed by atoms with van der Waals surface area (Å²) in [5, 5.41) is 3.77. The van der Waals surface area contributed by atoms with Gasteiger partial charge in [-0.15, -0.1) is 0 Å². The van der Waals surface area contributed by atoms with Gasteiger partial charge >= 0.3 is 0 Å². The zero-order valence-corrected chi connectivity index (χ0v) is 10.8. The van der Waals surface area contributed by atoms with Gasteiger partial charge in [0.15, 0.2) is 0 Å². The van der Waals surface area contributed by atoms with Crippen molar-refractivity contribution >= 4 is 28.7 Å². The van der Waals surface area contributed by atoms with E-state index in [1.807, 2.05) is 19.1 Å². The quantitative estimate of drug-likeness (QED) is 0.827. The van der Waals surface area contributed by atoms with Crippen molar-refractivity contribution in [2.24, 2.45) is 0 Å². The summed E-state index contributed by atoms with van der Waals surface area (Å²) < 4.78 is 0. The van der Waals surface area contributed by atoms with Gasteiger partial charge in [-0.1, -0.05) is 18.2 Å². The van der Waals surface area contributed by atoms with E-state index in [2.05, 4.69) is 16.9 Å². The largest absolute Gasteiger partial charge is 0.399 e. The number of nitrogens with one attached hydrogen (secondary N) is 1. The summed E-state index contributed by atoms with van der Waals surface area (Å²) in [5.74, 6) is 0. The van der Waals surface area contributed by atoms with Gasteiger partial charge in [-0.2, -0.15) is 0 Å². The summed E-state index contributed by atoms with van der Waals surface area (Å²) in [7, 11) is 0. The average Bonchev–Trinajstić information content (AvgIpc) is 2.35. The lowest BCUT2D eigenvalue weighted by Crippen LogP contribution is -1.99. The highest BCUT2D eigenvalue weighted by Gasteiger charge is 2.05. The van der Waals surface area contributed by atoms with Gasteiger partial charge in [0.2, 0.25) is 0 Å². The van der Waals surface area contributed by atoms with Crippen molar-refractivity contribution in [2.75, 3.05) is 11.1 Å². The molecular weight excluding hydrogens is 246 g/mol. The van der Waals surface area contributed by atoms with Crippen molar-refractivity contribution < 1.29 is 0 Å². The smallest absolute Gasteiger partial charge is 0.0570 e. The lowest BCUT2D eigenvalue weighted by atomic mass is 10.1. The summed E-state index contributed by atoms with van der Waals surface area (Å²) in [5.41, 5.74) is 9.70. The highest BCUT2D eigenvalue weighted by atomic mass is 35.5. The molecule has 92 valence electrons. The third kappa shape index (κ3) is 2.81. The van der Waals surface area contributed by atoms with E-state index >= 15 is 0 Å². The molecule has 18 heavy (non-hydrogen) atoms. The summed E-state index contributed by atoms with van der Waals surface area (Å²) in [6, 6.07) is 9.17. The molecule has 0 saturated heterocycles. The Balaban J connectivity index is 2.21. The van der Waals surface area contributed by atoms with Crippen LogP contribution in [0.5, 0.6) is 0 Å². The maximum Gasteiger partial charge on any atom is 0.0570 e. The third-order valence-electron chi connectivity index (χ3n) is 2.52. The van der Waals surface area contributed by atoms with Gasteiger partial charge in [-0.3, -0.25) is 4.98 Å². The Morgan fingerprint density at radius 1 is 1.33 bits per heavy atom. The van der Waals surface area contributed by atoms with Crippen LogP contribution < -0.4 is 11.1 Å². The van der Waals surface area contributed by atoms with Crippen LogP contribution in [0.2, 0.25) is 5.02 Å². The second-order valence-corrected chi connectivity index (χ2v) is 4.44. The zero-order valence-electron chi connectivity index (χ0n) is 10.1. The monoisotopic (exact) mass is 259 g/mol. The van der Waals surface area contributed by atoms with Gasteiger partial charge in [-0.25, -0.2) is 0 Å². The normalized spacial score (nSPS) is 10.1. The molecule has 0 aliphatic heterocycles. The number of hydrogen-bond acceptors (Lipinski definition) is 3. The molecule has 0 radical (unpaired) electrons. The Hall–Kier alpha value is -2.00. The number of aromatic nitrogens is 1. The molecule has 1 heterocycles. The summed E-state index contributed by atoms with van der Waals surface area (Å²) >= 11 is 6.11. The van der Waals surface area contributed by atoms with Crippen LogP contribution in [0.1, 0.15) is 11.3 Å². The number of rotatable bonds is 3. The van der Waals surface area contributed by atoms with E-state index in [-0.39, 0.29) is 0 Å². The fraction of sp³-hybridized carbons (Fsp3) is 0.0714. The molecule has 0 amide bonds. The zero-order chi connectivity index (χ0) is 13.1. The maximum atomic E-state index is 6.11. The number of aryl methyl sites for hydroxylation is 1. The van der Waals surface area contributed by atoms with Crippen LogP contribution >= 0.6 is 11.6 Å². The number of halogens is 1. The van der Waals surface area contributed by atoms with E-state index in [0.29, 0.717) is 16.4 Å². The molecule has 0 aliphatic carbocycles. The van der Waals surface area contributed by atoms with Gasteiger partial charge in [0.1, 0.15) is 0 Å². The number of hydrogen-bond donors (Lipinski definition) is 2. The second-order valence-electron chi connectivity index (χ2n) is 4.03. The van der Waals surface area contributed by atoms with Crippen molar-refractivity contribution in [3.05, 3.63) is 59.4 Å². The van der Waals surface area contributed by atoms with E-state index in [4.69, 9.17) is 17.3 Å². The first-order chi connectivity index (χ1) is 8.56. The fourth-order valence-corrected chi connectivity index (χ4v) is 1.79. The number of nitrogens with two attached hydrogens (primary N) is 1. The van der Waals surface area contributed by atoms with E-state index in [0.717, 1.165) is 16.9 Å². The number of nitrogen functional groups attached to an aromatic ring is 1. The Morgan fingerprint density at radius 3 is 2.78 bits per heavy atom. The van der Waals surface area contributed by atoms with Crippen molar-refractivity contribution in [1.29, 1.82) is 0 Å². The van der Waals surface area contributed by atoms with Crippen molar-refractivity contribution in [2.45, 2.75) is 6.92 Å². The SMILES string of the molecule is C=C(Nc1ccc(C)nc1)c1cc(N)ccc1Cl. The van der Waals surface area contributed by atoms with Gasteiger partial charge in [-0.05, 0) is 37.3 Å². The van der Waals surface area contributed by atoms with Crippen LogP contribution in [-0.2, 0) is 0 Å². The molecule has 0 spiro atoms. The van der Waals surface area contributed by atoms with Gasteiger partial charge in [0, 0.05) is 22.6 Å². The third-order valence-corrected chi connectivity index (χ3v) is 2.85.